The molecule has 0 radical (unpaired) electrons. The Morgan fingerprint density at radius 2 is 1.90 bits per heavy atom. The van der Waals surface area contributed by atoms with Crippen LogP contribution in [0.1, 0.15) is 30.9 Å². The van der Waals surface area contributed by atoms with Crippen LogP contribution >= 0.6 is 12.4 Å². The highest BCUT2D eigenvalue weighted by atomic mass is 35.5. The van der Waals surface area contributed by atoms with E-state index in [0.29, 0.717) is 5.92 Å². The largest absolute Gasteiger partial charge is 0.349 e. The third kappa shape index (κ3) is 3.13. The van der Waals surface area contributed by atoms with E-state index in [1.54, 1.807) is 12.1 Å². The molecule has 20 heavy (non-hydrogen) atoms. The Balaban J connectivity index is 0.00000147. The summed E-state index contributed by atoms with van der Waals surface area (Å²) in [6.45, 7) is 1.54. The van der Waals surface area contributed by atoms with Crippen LogP contribution in [0.5, 0.6) is 0 Å². The van der Waals surface area contributed by atoms with Crippen LogP contribution in [0.25, 0.3) is 0 Å². The lowest BCUT2D eigenvalue weighted by Crippen LogP contribution is -2.52. The van der Waals surface area contributed by atoms with Crippen molar-refractivity contribution in [3.05, 3.63) is 35.6 Å². The molecule has 1 amide bonds. The molecule has 5 heteroatoms. The summed E-state index contributed by atoms with van der Waals surface area (Å²) in [5.74, 6) is 0.496. The monoisotopic (exact) mass is 298 g/mol. The van der Waals surface area contributed by atoms with Crippen LogP contribution in [0.15, 0.2) is 24.3 Å². The first kappa shape index (κ1) is 15.3. The van der Waals surface area contributed by atoms with Crippen molar-refractivity contribution in [2.75, 3.05) is 13.1 Å². The molecule has 3 nitrogen and oxygen atoms in total. The summed E-state index contributed by atoms with van der Waals surface area (Å²) in [5, 5.41) is 6.26. The Morgan fingerprint density at radius 1 is 1.25 bits per heavy atom. The first-order valence-corrected chi connectivity index (χ1v) is 7.00. The number of hydrogen-bond acceptors (Lipinski definition) is 2. The number of hydrogen-bond donors (Lipinski definition) is 2. The first-order valence-electron chi connectivity index (χ1n) is 7.00. The summed E-state index contributed by atoms with van der Waals surface area (Å²) in [6.07, 6.45) is 3.51. The van der Waals surface area contributed by atoms with E-state index >= 15 is 0 Å². The van der Waals surface area contributed by atoms with E-state index in [4.69, 9.17) is 0 Å². The maximum atomic E-state index is 13.0. The summed E-state index contributed by atoms with van der Waals surface area (Å²) >= 11 is 0. The molecule has 2 fully saturated rings. The minimum atomic E-state index is -0.231. The van der Waals surface area contributed by atoms with Gasteiger partial charge in [-0.25, -0.2) is 4.39 Å². The Labute approximate surface area is 124 Å². The molecule has 0 bridgehead atoms. The van der Waals surface area contributed by atoms with Gasteiger partial charge in [-0.05, 0) is 36.5 Å². The Bertz CT molecular complexity index is 457. The number of benzene rings is 1. The predicted octanol–water partition coefficient (Wildman–Crippen LogP) is 2.42. The molecule has 1 heterocycles. The normalized spacial score (nSPS) is 20.2. The van der Waals surface area contributed by atoms with Crippen LogP contribution in [0.3, 0.4) is 0 Å². The Hall–Kier alpha value is -1.13. The van der Waals surface area contributed by atoms with E-state index < -0.39 is 0 Å². The van der Waals surface area contributed by atoms with E-state index in [0.717, 1.165) is 31.5 Å². The summed E-state index contributed by atoms with van der Waals surface area (Å²) in [4.78, 5) is 12.1. The van der Waals surface area contributed by atoms with Gasteiger partial charge in [-0.2, -0.15) is 0 Å². The number of rotatable bonds is 4. The van der Waals surface area contributed by atoms with Crippen molar-refractivity contribution in [3.63, 3.8) is 0 Å². The number of halogens is 2. The molecule has 1 saturated carbocycles. The molecular formula is C15H20ClFN2O. The van der Waals surface area contributed by atoms with Gasteiger partial charge in [-0.1, -0.05) is 18.6 Å². The van der Waals surface area contributed by atoms with Crippen LogP contribution < -0.4 is 10.6 Å². The molecular weight excluding hydrogens is 279 g/mol. The molecule has 0 aromatic heterocycles. The molecule has 1 aromatic rings. The van der Waals surface area contributed by atoms with Crippen LogP contribution in [-0.2, 0) is 4.79 Å². The quantitative estimate of drug-likeness (QED) is 0.896. The first-order chi connectivity index (χ1) is 9.24. The van der Waals surface area contributed by atoms with E-state index in [1.807, 2.05) is 0 Å². The zero-order valence-corrected chi connectivity index (χ0v) is 12.1. The second kappa shape index (κ2) is 6.55. The highest BCUT2D eigenvalue weighted by molar-refractivity contribution is 5.85. The minimum absolute atomic E-state index is 0. The zero-order valence-electron chi connectivity index (χ0n) is 11.3. The topological polar surface area (TPSA) is 41.1 Å². The lowest BCUT2D eigenvalue weighted by Gasteiger charge is -2.36. The zero-order chi connectivity index (χ0) is 13.2. The van der Waals surface area contributed by atoms with Gasteiger partial charge in [0.1, 0.15) is 5.82 Å². The maximum Gasteiger partial charge on any atom is 0.226 e. The molecule has 1 aliphatic heterocycles. The molecule has 1 aliphatic carbocycles. The van der Waals surface area contributed by atoms with Gasteiger partial charge in [0, 0.05) is 13.1 Å². The minimum Gasteiger partial charge on any atom is -0.349 e. The lowest BCUT2D eigenvalue weighted by atomic mass is 9.77. The molecule has 1 aromatic carbocycles. The van der Waals surface area contributed by atoms with E-state index in [1.165, 1.54) is 18.6 Å². The van der Waals surface area contributed by atoms with Gasteiger partial charge in [0.2, 0.25) is 5.91 Å². The fourth-order valence-electron chi connectivity index (χ4n) is 2.66. The molecule has 1 unspecified atom stereocenters. The second-order valence-electron chi connectivity index (χ2n) is 5.58. The van der Waals surface area contributed by atoms with Crippen LogP contribution in [0.2, 0.25) is 0 Å². The van der Waals surface area contributed by atoms with Gasteiger partial charge < -0.3 is 10.6 Å². The van der Waals surface area contributed by atoms with Gasteiger partial charge in [0.05, 0.1) is 12.0 Å². The predicted molar refractivity (Wildman–Crippen MR) is 78.2 cm³/mol. The molecule has 0 spiro atoms. The van der Waals surface area contributed by atoms with Gasteiger partial charge in [0.15, 0.2) is 0 Å². The van der Waals surface area contributed by atoms with E-state index in [9.17, 15) is 9.18 Å². The van der Waals surface area contributed by atoms with Gasteiger partial charge in [-0.3, -0.25) is 4.79 Å². The smallest absolute Gasteiger partial charge is 0.226 e. The average molecular weight is 299 g/mol. The van der Waals surface area contributed by atoms with Crippen molar-refractivity contribution in [1.29, 1.82) is 0 Å². The number of nitrogens with one attached hydrogen (secondary N) is 2. The van der Waals surface area contributed by atoms with E-state index in [-0.39, 0.29) is 36.1 Å². The van der Waals surface area contributed by atoms with Crippen molar-refractivity contribution >= 4 is 18.3 Å². The molecule has 1 saturated heterocycles. The third-order valence-corrected chi connectivity index (χ3v) is 4.30. The highest BCUT2D eigenvalue weighted by Gasteiger charge is 2.33. The summed E-state index contributed by atoms with van der Waals surface area (Å²) in [6, 6.07) is 6.56. The SMILES string of the molecule is Cl.O=C(NC(c1ccc(F)cc1)C1CCC1)C1CNC1. The van der Waals surface area contributed by atoms with Gasteiger partial charge in [-0.15, -0.1) is 12.4 Å². The third-order valence-electron chi connectivity index (χ3n) is 4.30. The fourth-order valence-corrected chi connectivity index (χ4v) is 2.66. The molecule has 1 atom stereocenters. The molecule has 2 aliphatic rings. The number of carbonyl (C=O) groups excluding carboxylic acids is 1. The number of amides is 1. The maximum absolute atomic E-state index is 13.0. The standard InChI is InChI=1S/C15H19FN2O.ClH/c16-13-6-4-11(5-7-13)14(10-2-1-3-10)18-15(19)12-8-17-9-12;/h4-7,10,12,14,17H,1-3,8-9H2,(H,18,19);1H. The summed E-state index contributed by atoms with van der Waals surface area (Å²) in [5.41, 5.74) is 1.02. The van der Waals surface area contributed by atoms with Crippen molar-refractivity contribution in [1.82, 2.24) is 10.6 Å². The number of carbonyl (C=O) groups is 1. The van der Waals surface area contributed by atoms with Crippen molar-refractivity contribution in [2.45, 2.75) is 25.3 Å². The molecule has 3 rings (SSSR count). The fraction of sp³-hybridized carbons (Fsp3) is 0.533. The van der Waals surface area contributed by atoms with Crippen molar-refractivity contribution in [2.24, 2.45) is 11.8 Å². The average Bonchev–Trinajstić information content (AvgIpc) is 2.24. The summed E-state index contributed by atoms with van der Waals surface area (Å²) < 4.78 is 13.0. The van der Waals surface area contributed by atoms with E-state index in [2.05, 4.69) is 10.6 Å². The second-order valence-corrected chi connectivity index (χ2v) is 5.58. The van der Waals surface area contributed by atoms with Crippen LogP contribution in [0, 0.1) is 17.7 Å². The molecule has 2 N–H and O–H groups in total. The van der Waals surface area contributed by atoms with Crippen molar-refractivity contribution in [3.8, 4) is 0 Å². The van der Waals surface area contributed by atoms with Gasteiger partial charge >= 0.3 is 0 Å². The van der Waals surface area contributed by atoms with Crippen molar-refractivity contribution < 1.29 is 9.18 Å². The van der Waals surface area contributed by atoms with Crippen LogP contribution in [0.4, 0.5) is 4.39 Å². The Kier molecular flexibility index (Phi) is 5.00. The Morgan fingerprint density at radius 3 is 2.35 bits per heavy atom. The van der Waals surface area contributed by atoms with Crippen LogP contribution in [-0.4, -0.2) is 19.0 Å². The van der Waals surface area contributed by atoms with Gasteiger partial charge in [0.25, 0.3) is 0 Å². The lowest BCUT2D eigenvalue weighted by molar-refractivity contribution is -0.127. The highest BCUT2D eigenvalue weighted by Crippen LogP contribution is 2.37. The molecule has 110 valence electrons. The summed E-state index contributed by atoms with van der Waals surface area (Å²) in [7, 11) is 0.